The molecular formula is C14H18N4O2S2. The van der Waals surface area contributed by atoms with Crippen molar-refractivity contribution in [2.24, 2.45) is 5.73 Å². The van der Waals surface area contributed by atoms with Gasteiger partial charge in [-0.15, -0.1) is 16.8 Å². The second kappa shape index (κ2) is 7.08. The number of nitrogens with zero attached hydrogens (tertiary/aromatic N) is 3. The topological polar surface area (TPSA) is 90.9 Å². The average molecular weight is 338 g/mol. The van der Waals surface area contributed by atoms with Crippen LogP contribution in [-0.4, -0.2) is 29.4 Å². The van der Waals surface area contributed by atoms with Crippen LogP contribution in [0.5, 0.6) is 0 Å². The van der Waals surface area contributed by atoms with E-state index in [1.165, 1.54) is 18.0 Å². The van der Waals surface area contributed by atoms with Crippen LogP contribution >= 0.6 is 11.8 Å². The van der Waals surface area contributed by atoms with E-state index in [1.807, 2.05) is 4.57 Å². The maximum absolute atomic E-state index is 11.4. The SMILES string of the molecule is C=CCn1c(CN)nnc1SCc1ccc(S(C)(=O)=O)cc1. The number of hydrogen-bond acceptors (Lipinski definition) is 6. The highest BCUT2D eigenvalue weighted by molar-refractivity contribution is 7.98. The van der Waals surface area contributed by atoms with E-state index < -0.39 is 9.84 Å². The van der Waals surface area contributed by atoms with E-state index in [9.17, 15) is 8.42 Å². The molecule has 0 saturated carbocycles. The summed E-state index contributed by atoms with van der Waals surface area (Å²) in [7, 11) is -3.16. The van der Waals surface area contributed by atoms with Gasteiger partial charge >= 0.3 is 0 Å². The first-order valence-corrected chi connectivity index (χ1v) is 9.48. The number of thioether (sulfide) groups is 1. The molecule has 118 valence electrons. The van der Waals surface area contributed by atoms with Gasteiger partial charge < -0.3 is 10.3 Å². The number of allylic oxidation sites excluding steroid dienone is 1. The zero-order valence-corrected chi connectivity index (χ0v) is 13.9. The Labute approximate surface area is 134 Å². The number of hydrogen-bond donors (Lipinski definition) is 1. The molecular weight excluding hydrogens is 320 g/mol. The predicted molar refractivity (Wildman–Crippen MR) is 87.2 cm³/mol. The molecule has 0 aliphatic rings. The summed E-state index contributed by atoms with van der Waals surface area (Å²) in [4.78, 5) is 0.321. The number of sulfone groups is 1. The zero-order valence-electron chi connectivity index (χ0n) is 12.3. The summed E-state index contributed by atoms with van der Waals surface area (Å²) in [6.45, 7) is 4.65. The number of benzene rings is 1. The van der Waals surface area contributed by atoms with E-state index in [-0.39, 0.29) is 0 Å². The minimum absolute atomic E-state index is 0.321. The van der Waals surface area contributed by atoms with Crippen LogP contribution in [0.3, 0.4) is 0 Å². The molecule has 0 radical (unpaired) electrons. The van der Waals surface area contributed by atoms with Gasteiger partial charge in [0.15, 0.2) is 15.0 Å². The van der Waals surface area contributed by atoms with Crippen LogP contribution in [0.2, 0.25) is 0 Å². The smallest absolute Gasteiger partial charge is 0.191 e. The first-order valence-electron chi connectivity index (χ1n) is 6.60. The summed E-state index contributed by atoms with van der Waals surface area (Å²) in [5.74, 6) is 1.39. The van der Waals surface area contributed by atoms with Gasteiger partial charge in [0.25, 0.3) is 0 Å². The molecule has 0 atom stereocenters. The molecule has 22 heavy (non-hydrogen) atoms. The molecule has 0 aliphatic carbocycles. The van der Waals surface area contributed by atoms with Crippen molar-refractivity contribution in [3.05, 3.63) is 48.3 Å². The fourth-order valence-corrected chi connectivity index (χ4v) is 3.42. The van der Waals surface area contributed by atoms with Gasteiger partial charge in [-0.3, -0.25) is 0 Å². The van der Waals surface area contributed by atoms with Gasteiger partial charge in [-0.1, -0.05) is 30.0 Å². The maximum Gasteiger partial charge on any atom is 0.191 e. The molecule has 1 aromatic carbocycles. The molecule has 0 fully saturated rings. The highest BCUT2D eigenvalue weighted by Gasteiger charge is 2.11. The van der Waals surface area contributed by atoms with Crippen molar-refractivity contribution < 1.29 is 8.42 Å². The number of nitrogens with two attached hydrogens (primary N) is 1. The van der Waals surface area contributed by atoms with Crippen molar-refractivity contribution in [2.45, 2.75) is 28.9 Å². The Balaban J connectivity index is 2.10. The lowest BCUT2D eigenvalue weighted by Gasteiger charge is -2.06. The highest BCUT2D eigenvalue weighted by Crippen LogP contribution is 2.22. The van der Waals surface area contributed by atoms with E-state index in [0.29, 0.717) is 23.7 Å². The third-order valence-electron chi connectivity index (χ3n) is 3.01. The van der Waals surface area contributed by atoms with Crippen molar-refractivity contribution in [1.82, 2.24) is 14.8 Å². The summed E-state index contributed by atoms with van der Waals surface area (Å²) in [6, 6.07) is 6.85. The largest absolute Gasteiger partial charge is 0.324 e. The van der Waals surface area contributed by atoms with Gasteiger partial charge in [-0.05, 0) is 17.7 Å². The van der Waals surface area contributed by atoms with Crippen LogP contribution in [0.4, 0.5) is 0 Å². The lowest BCUT2D eigenvalue weighted by atomic mass is 10.2. The van der Waals surface area contributed by atoms with Crippen molar-refractivity contribution in [1.29, 1.82) is 0 Å². The number of aromatic nitrogens is 3. The molecule has 2 rings (SSSR count). The molecule has 0 unspecified atom stereocenters. The highest BCUT2D eigenvalue weighted by atomic mass is 32.2. The van der Waals surface area contributed by atoms with Crippen molar-refractivity contribution in [3.8, 4) is 0 Å². The molecule has 0 aliphatic heterocycles. The summed E-state index contributed by atoms with van der Waals surface area (Å²) >= 11 is 1.53. The van der Waals surface area contributed by atoms with Crippen LogP contribution < -0.4 is 5.73 Å². The van der Waals surface area contributed by atoms with Gasteiger partial charge in [-0.25, -0.2) is 8.42 Å². The van der Waals surface area contributed by atoms with E-state index in [0.717, 1.165) is 16.5 Å². The van der Waals surface area contributed by atoms with E-state index in [4.69, 9.17) is 5.73 Å². The second-order valence-corrected chi connectivity index (χ2v) is 7.67. The Morgan fingerprint density at radius 3 is 2.55 bits per heavy atom. The fraction of sp³-hybridized carbons (Fsp3) is 0.286. The minimum atomic E-state index is -3.16. The van der Waals surface area contributed by atoms with E-state index in [2.05, 4.69) is 16.8 Å². The third kappa shape index (κ3) is 3.96. The Morgan fingerprint density at radius 1 is 1.32 bits per heavy atom. The van der Waals surface area contributed by atoms with E-state index >= 15 is 0 Å². The second-order valence-electron chi connectivity index (χ2n) is 4.71. The lowest BCUT2D eigenvalue weighted by molar-refractivity contribution is 0.602. The molecule has 0 amide bonds. The van der Waals surface area contributed by atoms with Gasteiger partial charge in [0.2, 0.25) is 0 Å². The molecule has 2 aromatic rings. The van der Waals surface area contributed by atoms with Crippen molar-refractivity contribution in [3.63, 3.8) is 0 Å². The molecule has 1 aromatic heterocycles. The summed E-state index contributed by atoms with van der Waals surface area (Å²) in [5, 5.41) is 8.95. The van der Waals surface area contributed by atoms with Gasteiger partial charge in [0.1, 0.15) is 5.82 Å². The van der Waals surface area contributed by atoms with Crippen LogP contribution in [0.15, 0.2) is 47.0 Å². The molecule has 6 nitrogen and oxygen atoms in total. The van der Waals surface area contributed by atoms with Crippen LogP contribution in [0, 0.1) is 0 Å². The first kappa shape index (κ1) is 16.7. The molecule has 2 N–H and O–H groups in total. The molecule has 0 bridgehead atoms. The Morgan fingerprint density at radius 2 is 2.00 bits per heavy atom. The molecule has 8 heteroatoms. The van der Waals surface area contributed by atoms with Crippen LogP contribution in [-0.2, 0) is 28.7 Å². The first-order chi connectivity index (χ1) is 10.5. The molecule has 0 spiro atoms. The van der Waals surface area contributed by atoms with Gasteiger partial charge in [0.05, 0.1) is 11.4 Å². The Hall–Kier alpha value is -1.64. The minimum Gasteiger partial charge on any atom is -0.324 e. The monoisotopic (exact) mass is 338 g/mol. The van der Waals surface area contributed by atoms with Gasteiger partial charge in [0, 0.05) is 18.6 Å². The lowest BCUT2D eigenvalue weighted by Crippen LogP contribution is -2.08. The summed E-state index contributed by atoms with van der Waals surface area (Å²) < 4.78 is 24.8. The third-order valence-corrected chi connectivity index (χ3v) is 5.17. The zero-order chi connectivity index (χ0) is 16.2. The summed E-state index contributed by atoms with van der Waals surface area (Å²) in [5.41, 5.74) is 6.65. The quantitative estimate of drug-likeness (QED) is 0.609. The normalized spacial score (nSPS) is 11.5. The predicted octanol–water partition coefficient (Wildman–Crippen LogP) is 1.62. The Kier molecular flexibility index (Phi) is 5.38. The van der Waals surface area contributed by atoms with Crippen LogP contribution in [0.25, 0.3) is 0 Å². The molecule has 0 saturated heterocycles. The van der Waals surface area contributed by atoms with Crippen LogP contribution in [0.1, 0.15) is 11.4 Å². The van der Waals surface area contributed by atoms with E-state index in [1.54, 1.807) is 30.3 Å². The standard InChI is InChI=1S/C14H18N4O2S2/c1-3-8-18-13(9-15)16-17-14(18)21-10-11-4-6-12(7-5-11)22(2,19)20/h3-7H,1,8-10,15H2,2H3. The average Bonchev–Trinajstić information content (AvgIpc) is 2.87. The maximum atomic E-state index is 11.4. The van der Waals surface area contributed by atoms with Gasteiger partial charge in [-0.2, -0.15) is 0 Å². The summed E-state index contributed by atoms with van der Waals surface area (Å²) in [6.07, 6.45) is 2.97. The Bertz CT molecular complexity index is 752. The fourth-order valence-electron chi connectivity index (χ4n) is 1.87. The van der Waals surface area contributed by atoms with Crippen molar-refractivity contribution >= 4 is 21.6 Å². The van der Waals surface area contributed by atoms with Crippen molar-refractivity contribution in [2.75, 3.05) is 6.26 Å². The molecule has 1 heterocycles. The number of rotatable bonds is 7.